The molecule has 0 atom stereocenters. The molecule has 1 aromatic heterocycles. The molecule has 0 aliphatic carbocycles. The lowest BCUT2D eigenvalue weighted by atomic mass is 10.2. The summed E-state index contributed by atoms with van der Waals surface area (Å²) in [5, 5.41) is 6.89. The average molecular weight is 400 g/mol. The lowest BCUT2D eigenvalue weighted by Gasteiger charge is -2.20. The Bertz CT molecular complexity index is 661. The number of hydrogen-bond donors (Lipinski definition) is 2. The maximum absolute atomic E-state index is 11.8. The number of aromatic nitrogens is 2. The molecule has 3 N–H and O–H groups in total. The van der Waals surface area contributed by atoms with Crippen molar-refractivity contribution in [2.24, 2.45) is 0 Å². The molecule has 1 aromatic carbocycles. The van der Waals surface area contributed by atoms with Gasteiger partial charge in [-0.15, -0.1) is 0 Å². The highest BCUT2D eigenvalue weighted by molar-refractivity contribution is 14.1. The normalized spacial score (nSPS) is 11.2. The van der Waals surface area contributed by atoms with Gasteiger partial charge in [0.25, 0.3) is 0 Å². The zero-order valence-electron chi connectivity index (χ0n) is 12.1. The number of nitrogens with one attached hydrogen (secondary N) is 1. The highest BCUT2D eigenvalue weighted by atomic mass is 127. The van der Waals surface area contributed by atoms with E-state index in [2.05, 4.69) is 33.0 Å². The van der Waals surface area contributed by atoms with Crippen molar-refractivity contribution < 1.29 is 9.53 Å². The molecule has 0 aliphatic rings. The summed E-state index contributed by atoms with van der Waals surface area (Å²) in [6.45, 7) is 5.44. The molecule has 7 heteroatoms. The van der Waals surface area contributed by atoms with Crippen molar-refractivity contribution in [1.82, 2.24) is 9.78 Å². The van der Waals surface area contributed by atoms with E-state index in [0.29, 0.717) is 17.1 Å². The zero-order chi connectivity index (χ0) is 15.6. The van der Waals surface area contributed by atoms with Crippen LogP contribution in [0.2, 0.25) is 0 Å². The SMILES string of the molecule is CC(C)(C)OC(=O)Nc1ccc(N)c(-n2cc(I)cn2)c1. The Morgan fingerprint density at radius 3 is 2.71 bits per heavy atom. The fraction of sp³-hybridized carbons (Fsp3) is 0.286. The number of anilines is 2. The first-order valence-electron chi connectivity index (χ1n) is 6.35. The number of rotatable bonds is 2. The van der Waals surface area contributed by atoms with E-state index in [1.54, 1.807) is 29.1 Å². The molecule has 2 rings (SSSR count). The summed E-state index contributed by atoms with van der Waals surface area (Å²) in [4.78, 5) is 11.8. The Balaban J connectivity index is 2.21. The number of nitrogens with zero attached hydrogens (tertiary/aromatic N) is 2. The standard InChI is InChI=1S/C14H17IN4O2/c1-14(2,3)21-13(20)18-10-4-5-11(16)12(6-10)19-8-9(15)7-17-19/h4-8H,16H2,1-3H3,(H,18,20). The van der Waals surface area contributed by atoms with Crippen LogP contribution < -0.4 is 11.1 Å². The number of carbonyl (C=O) groups is 1. The minimum atomic E-state index is -0.543. The van der Waals surface area contributed by atoms with Gasteiger partial charge >= 0.3 is 6.09 Å². The first kappa shape index (κ1) is 15.6. The fourth-order valence-corrected chi connectivity index (χ4v) is 2.06. The molecule has 21 heavy (non-hydrogen) atoms. The van der Waals surface area contributed by atoms with Crippen molar-refractivity contribution in [3.8, 4) is 5.69 Å². The van der Waals surface area contributed by atoms with Gasteiger partial charge in [-0.25, -0.2) is 9.48 Å². The number of ether oxygens (including phenoxy) is 1. The molecule has 0 aliphatic heterocycles. The van der Waals surface area contributed by atoms with Crippen molar-refractivity contribution in [1.29, 1.82) is 0 Å². The first-order valence-corrected chi connectivity index (χ1v) is 7.42. The van der Waals surface area contributed by atoms with Gasteiger partial charge in [0.15, 0.2) is 0 Å². The smallest absolute Gasteiger partial charge is 0.412 e. The molecule has 0 spiro atoms. The Labute approximate surface area is 136 Å². The molecule has 2 aromatic rings. The fourth-order valence-electron chi connectivity index (χ4n) is 1.67. The van der Waals surface area contributed by atoms with E-state index in [4.69, 9.17) is 10.5 Å². The van der Waals surface area contributed by atoms with E-state index in [0.717, 1.165) is 3.57 Å². The van der Waals surface area contributed by atoms with Gasteiger partial charge in [0.2, 0.25) is 0 Å². The van der Waals surface area contributed by atoms with Crippen LogP contribution in [0.5, 0.6) is 0 Å². The van der Waals surface area contributed by atoms with E-state index < -0.39 is 11.7 Å². The van der Waals surface area contributed by atoms with Gasteiger partial charge in [-0.2, -0.15) is 5.10 Å². The zero-order valence-corrected chi connectivity index (χ0v) is 14.2. The predicted molar refractivity (Wildman–Crippen MR) is 90.6 cm³/mol. The van der Waals surface area contributed by atoms with Crippen molar-refractivity contribution in [3.63, 3.8) is 0 Å². The molecule has 6 nitrogen and oxygen atoms in total. The van der Waals surface area contributed by atoms with Crippen LogP contribution >= 0.6 is 22.6 Å². The van der Waals surface area contributed by atoms with Crippen molar-refractivity contribution >= 4 is 40.1 Å². The van der Waals surface area contributed by atoms with Gasteiger partial charge in [-0.05, 0) is 61.6 Å². The number of amides is 1. The summed E-state index contributed by atoms with van der Waals surface area (Å²) in [5.41, 5.74) is 7.28. The number of halogens is 1. The molecular formula is C14H17IN4O2. The van der Waals surface area contributed by atoms with E-state index in [9.17, 15) is 4.79 Å². The number of nitrogens with two attached hydrogens (primary N) is 1. The Hall–Kier alpha value is -1.77. The lowest BCUT2D eigenvalue weighted by molar-refractivity contribution is 0.0636. The van der Waals surface area contributed by atoms with Crippen LogP contribution in [0.1, 0.15) is 20.8 Å². The summed E-state index contributed by atoms with van der Waals surface area (Å²) in [6, 6.07) is 5.19. The van der Waals surface area contributed by atoms with E-state index in [-0.39, 0.29) is 0 Å². The van der Waals surface area contributed by atoms with Crippen LogP contribution in [0.4, 0.5) is 16.2 Å². The van der Waals surface area contributed by atoms with Crippen molar-refractivity contribution in [2.75, 3.05) is 11.1 Å². The van der Waals surface area contributed by atoms with Gasteiger partial charge in [0.05, 0.1) is 21.1 Å². The molecule has 0 unspecified atom stereocenters. The maximum atomic E-state index is 11.8. The highest BCUT2D eigenvalue weighted by Crippen LogP contribution is 2.22. The van der Waals surface area contributed by atoms with Crippen LogP contribution in [-0.2, 0) is 4.74 Å². The molecule has 112 valence electrons. The van der Waals surface area contributed by atoms with Gasteiger partial charge in [0, 0.05) is 11.9 Å². The summed E-state index contributed by atoms with van der Waals surface area (Å²) >= 11 is 2.17. The molecular weight excluding hydrogens is 383 g/mol. The molecule has 0 radical (unpaired) electrons. The highest BCUT2D eigenvalue weighted by Gasteiger charge is 2.16. The monoisotopic (exact) mass is 400 g/mol. The summed E-state index contributed by atoms with van der Waals surface area (Å²) in [6.07, 6.45) is 3.07. The summed E-state index contributed by atoms with van der Waals surface area (Å²) in [5.74, 6) is 0. The number of hydrogen-bond acceptors (Lipinski definition) is 4. The molecule has 0 bridgehead atoms. The van der Waals surface area contributed by atoms with E-state index in [1.807, 2.05) is 27.0 Å². The van der Waals surface area contributed by atoms with E-state index >= 15 is 0 Å². The Morgan fingerprint density at radius 1 is 1.43 bits per heavy atom. The largest absolute Gasteiger partial charge is 0.444 e. The third kappa shape index (κ3) is 4.35. The molecule has 0 fully saturated rings. The van der Waals surface area contributed by atoms with Crippen LogP contribution in [0.15, 0.2) is 30.6 Å². The third-order valence-corrected chi connectivity index (χ3v) is 3.03. The topological polar surface area (TPSA) is 82.2 Å². The Kier molecular flexibility index (Phi) is 4.40. The van der Waals surface area contributed by atoms with Crippen LogP contribution in [-0.4, -0.2) is 21.5 Å². The van der Waals surface area contributed by atoms with Gasteiger partial charge in [-0.1, -0.05) is 0 Å². The lowest BCUT2D eigenvalue weighted by Crippen LogP contribution is -2.27. The molecule has 0 saturated heterocycles. The maximum Gasteiger partial charge on any atom is 0.412 e. The third-order valence-electron chi connectivity index (χ3n) is 2.47. The van der Waals surface area contributed by atoms with Crippen molar-refractivity contribution in [2.45, 2.75) is 26.4 Å². The summed E-state index contributed by atoms with van der Waals surface area (Å²) < 4.78 is 7.88. The number of carbonyl (C=O) groups excluding carboxylic acids is 1. The summed E-state index contributed by atoms with van der Waals surface area (Å²) in [7, 11) is 0. The first-order chi connectivity index (χ1) is 9.74. The second-order valence-electron chi connectivity index (χ2n) is 5.50. The quantitative estimate of drug-likeness (QED) is 0.598. The van der Waals surface area contributed by atoms with Gasteiger partial charge in [-0.3, -0.25) is 5.32 Å². The Morgan fingerprint density at radius 2 is 2.14 bits per heavy atom. The van der Waals surface area contributed by atoms with Crippen LogP contribution in [0.25, 0.3) is 5.69 Å². The molecule has 0 saturated carbocycles. The molecule has 1 amide bonds. The minimum Gasteiger partial charge on any atom is -0.444 e. The van der Waals surface area contributed by atoms with Crippen LogP contribution in [0.3, 0.4) is 0 Å². The number of benzene rings is 1. The second kappa shape index (κ2) is 5.92. The van der Waals surface area contributed by atoms with Crippen molar-refractivity contribution in [3.05, 3.63) is 34.2 Å². The number of nitrogen functional groups attached to an aromatic ring is 1. The predicted octanol–water partition coefficient (Wildman–Crippen LogP) is 3.41. The van der Waals surface area contributed by atoms with Gasteiger partial charge in [0.1, 0.15) is 5.60 Å². The second-order valence-corrected chi connectivity index (χ2v) is 6.75. The molecule has 1 heterocycles. The van der Waals surface area contributed by atoms with Crippen LogP contribution in [0, 0.1) is 3.57 Å². The van der Waals surface area contributed by atoms with Gasteiger partial charge < -0.3 is 10.5 Å². The average Bonchev–Trinajstić information content (AvgIpc) is 2.76. The van der Waals surface area contributed by atoms with E-state index in [1.165, 1.54) is 0 Å². The minimum absolute atomic E-state index is 0.506.